The summed E-state index contributed by atoms with van der Waals surface area (Å²) in [6.07, 6.45) is 3.49. The highest BCUT2D eigenvalue weighted by atomic mass is 16.5. The molecule has 0 saturated heterocycles. The number of aromatic nitrogens is 4. The van der Waals surface area contributed by atoms with E-state index in [9.17, 15) is 4.79 Å². The molecule has 122 valence electrons. The van der Waals surface area contributed by atoms with Crippen LogP contribution >= 0.6 is 0 Å². The van der Waals surface area contributed by atoms with Gasteiger partial charge in [-0.3, -0.25) is 4.57 Å². The van der Waals surface area contributed by atoms with E-state index in [-0.39, 0.29) is 5.69 Å². The second-order valence-corrected chi connectivity index (χ2v) is 5.34. The van der Waals surface area contributed by atoms with Crippen molar-refractivity contribution in [3.05, 3.63) is 53.2 Å². The molecule has 0 bridgehead atoms. The summed E-state index contributed by atoms with van der Waals surface area (Å²) in [5.41, 5.74) is 2.12. The molecule has 0 unspecified atom stereocenters. The molecule has 4 rings (SSSR count). The van der Waals surface area contributed by atoms with Crippen LogP contribution in [0.1, 0.15) is 0 Å². The molecule has 0 radical (unpaired) electrons. The minimum atomic E-state index is -0.177. The van der Waals surface area contributed by atoms with E-state index in [0.717, 1.165) is 22.1 Å². The molecule has 0 saturated carbocycles. The molecule has 7 nitrogen and oxygen atoms in total. The predicted molar refractivity (Wildman–Crippen MR) is 90.7 cm³/mol. The van der Waals surface area contributed by atoms with Gasteiger partial charge in [0.25, 0.3) is 0 Å². The summed E-state index contributed by atoms with van der Waals surface area (Å²) >= 11 is 0. The topological polar surface area (TPSA) is 84.9 Å². The van der Waals surface area contributed by atoms with E-state index >= 15 is 0 Å². The predicted octanol–water partition coefficient (Wildman–Crippen LogP) is 2.29. The zero-order valence-corrected chi connectivity index (χ0v) is 13.1. The summed E-state index contributed by atoms with van der Waals surface area (Å²) in [6, 6.07) is 9.32. The Morgan fingerprint density at radius 3 is 2.88 bits per heavy atom. The first-order chi connectivity index (χ1) is 11.8. The smallest absolute Gasteiger partial charge is 0.326 e. The highest BCUT2D eigenvalue weighted by Gasteiger charge is 2.11. The van der Waals surface area contributed by atoms with E-state index in [4.69, 9.17) is 9.47 Å². The standard InChI is InChI=1S/C17H16N4O3/c1-23-13-4-2-3-5-14(13)24-9-8-21-12-10-19-16-11(6-7-18-16)15(12)20-17(21)22/h2-7,10H,8-9H2,1H3,(H,18,19)(H,20,22). The molecule has 7 heteroatoms. The molecule has 2 N–H and O–H groups in total. The molecule has 0 atom stereocenters. The zero-order valence-electron chi connectivity index (χ0n) is 13.1. The molecule has 3 aromatic heterocycles. The molecule has 0 aliphatic rings. The number of ether oxygens (including phenoxy) is 2. The van der Waals surface area contributed by atoms with E-state index in [1.807, 2.05) is 30.3 Å². The molecular formula is C17H16N4O3. The normalized spacial score (nSPS) is 11.2. The second kappa shape index (κ2) is 5.77. The maximum absolute atomic E-state index is 12.3. The first kappa shape index (κ1) is 14.4. The third-order valence-electron chi connectivity index (χ3n) is 3.98. The molecule has 4 aromatic rings. The number of aromatic amines is 2. The average Bonchev–Trinajstić information content (AvgIpc) is 3.20. The van der Waals surface area contributed by atoms with Crippen LogP contribution in [0, 0.1) is 0 Å². The molecule has 24 heavy (non-hydrogen) atoms. The van der Waals surface area contributed by atoms with Crippen molar-refractivity contribution in [2.24, 2.45) is 0 Å². The number of imidazole rings is 1. The van der Waals surface area contributed by atoms with Crippen LogP contribution < -0.4 is 15.2 Å². The number of pyridine rings is 1. The summed E-state index contributed by atoms with van der Waals surface area (Å²) in [5.74, 6) is 1.32. The lowest BCUT2D eigenvalue weighted by Crippen LogP contribution is -2.20. The van der Waals surface area contributed by atoms with Crippen molar-refractivity contribution in [2.45, 2.75) is 6.54 Å². The molecule has 0 aliphatic carbocycles. The Kier molecular flexibility index (Phi) is 3.45. The van der Waals surface area contributed by atoms with Crippen LogP contribution in [0.3, 0.4) is 0 Å². The van der Waals surface area contributed by atoms with E-state index in [1.54, 1.807) is 24.1 Å². The van der Waals surface area contributed by atoms with Crippen LogP contribution in [0.4, 0.5) is 0 Å². The lowest BCUT2D eigenvalue weighted by Gasteiger charge is -2.10. The average molecular weight is 324 g/mol. The van der Waals surface area contributed by atoms with Gasteiger partial charge in [0.15, 0.2) is 11.5 Å². The fourth-order valence-corrected chi connectivity index (χ4v) is 2.82. The van der Waals surface area contributed by atoms with Crippen molar-refractivity contribution in [1.82, 2.24) is 19.5 Å². The van der Waals surface area contributed by atoms with Crippen LogP contribution in [0.15, 0.2) is 47.5 Å². The van der Waals surface area contributed by atoms with E-state index < -0.39 is 0 Å². The number of para-hydroxylation sites is 2. The number of nitrogens with one attached hydrogen (secondary N) is 2. The van der Waals surface area contributed by atoms with Gasteiger partial charge in [0.2, 0.25) is 0 Å². The third-order valence-corrected chi connectivity index (χ3v) is 3.98. The lowest BCUT2D eigenvalue weighted by atomic mass is 10.3. The maximum atomic E-state index is 12.3. The van der Waals surface area contributed by atoms with Crippen LogP contribution in [-0.4, -0.2) is 33.2 Å². The number of hydrogen-bond donors (Lipinski definition) is 2. The van der Waals surface area contributed by atoms with Gasteiger partial charge in [0.05, 0.1) is 30.9 Å². The number of methoxy groups -OCH3 is 1. The van der Waals surface area contributed by atoms with Crippen molar-refractivity contribution in [3.8, 4) is 11.5 Å². The lowest BCUT2D eigenvalue weighted by molar-refractivity contribution is 0.280. The number of benzene rings is 1. The Morgan fingerprint density at radius 2 is 2.04 bits per heavy atom. The van der Waals surface area contributed by atoms with Crippen LogP contribution in [0.25, 0.3) is 22.1 Å². The molecule has 1 aromatic carbocycles. The summed E-state index contributed by atoms with van der Waals surface area (Å²) in [4.78, 5) is 22.5. The largest absolute Gasteiger partial charge is 0.493 e. The second-order valence-electron chi connectivity index (χ2n) is 5.34. The van der Waals surface area contributed by atoms with Crippen molar-refractivity contribution >= 4 is 22.1 Å². The summed E-state index contributed by atoms with van der Waals surface area (Å²) in [6.45, 7) is 0.757. The number of fused-ring (bicyclic) bond motifs is 3. The highest BCUT2D eigenvalue weighted by Crippen LogP contribution is 2.26. The van der Waals surface area contributed by atoms with Crippen molar-refractivity contribution in [2.75, 3.05) is 13.7 Å². The Hall–Kier alpha value is -3.22. The Balaban J connectivity index is 1.61. The van der Waals surface area contributed by atoms with Crippen LogP contribution in [-0.2, 0) is 6.54 Å². The van der Waals surface area contributed by atoms with Gasteiger partial charge in [-0.15, -0.1) is 0 Å². The molecular weight excluding hydrogens is 308 g/mol. The number of rotatable bonds is 5. The molecule has 0 spiro atoms. The van der Waals surface area contributed by atoms with Crippen molar-refractivity contribution in [1.29, 1.82) is 0 Å². The number of H-pyrrole nitrogens is 2. The monoisotopic (exact) mass is 324 g/mol. The Labute approximate surface area is 136 Å². The van der Waals surface area contributed by atoms with Crippen molar-refractivity contribution < 1.29 is 9.47 Å². The molecule has 0 amide bonds. The van der Waals surface area contributed by atoms with Gasteiger partial charge in [-0.25, -0.2) is 9.78 Å². The van der Waals surface area contributed by atoms with Gasteiger partial charge in [0, 0.05) is 11.6 Å². The van der Waals surface area contributed by atoms with E-state index in [1.165, 1.54) is 0 Å². The number of hydrogen-bond acceptors (Lipinski definition) is 4. The maximum Gasteiger partial charge on any atom is 0.326 e. The fraction of sp³-hybridized carbons (Fsp3) is 0.176. The Morgan fingerprint density at radius 1 is 1.21 bits per heavy atom. The third kappa shape index (κ3) is 2.30. The first-order valence-electron chi connectivity index (χ1n) is 7.58. The number of nitrogens with zero attached hydrogens (tertiary/aromatic N) is 2. The fourth-order valence-electron chi connectivity index (χ4n) is 2.82. The summed E-state index contributed by atoms with van der Waals surface area (Å²) in [5, 5.41) is 0.897. The molecule has 0 fully saturated rings. The molecule has 0 aliphatic heterocycles. The van der Waals surface area contributed by atoms with Gasteiger partial charge in [-0.1, -0.05) is 12.1 Å². The molecule has 3 heterocycles. The highest BCUT2D eigenvalue weighted by molar-refractivity contribution is 6.00. The minimum absolute atomic E-state index is 0.177. The quantitative estimate of drug-likeness (QED) is 0.590. The van der Waals surface area contributed by atoms with E-state index in [2.05, 4.69) is 15.0 Å². The van der Waals surface area contributed by atoms with Gasteiger partial charge >= 0.3 is 5.69 Å². The van der Waals surface area contributed by atoms with Crippen molar-refractivity contribution in [3.63, 3.8) is 0 Å². The van der Waals surface area contributed by atoms with Crippen LogP contribution in [0.5, 0.6) is 11.5 Å². The van der Waals surface area contributed by atoms with Crippen LogP contribution in [0.2, 0.25) is 0 Å². The zero-order chi connectivity index (χ0) is 16.5. The summed E-state index contributed by atoms with van der Waals surface area (Å²) < 4.78 is 12.6. The SMILES string of the molecule is COc1ccccc1OCCn1c(=O)[nH]c2c3cc[nH]c3ncc21. The Bertz CT molecular complexity index is 1060. The van der Waals surface area contributed by atoms with Gasteiger partial charge in [-0.2, -0.15) is 0 Å². The van der Waals surface area contributed by atoms with Gasteiger partial charge < -0.3 is 19.4 Å². The van der Waals surface area contributed by atoms with Gasteiger partial charge in [-0.05, 0) is 18.2 Å². The minimum Gasteiger partial charge on any atom is -0.493 e. The first-order valence-corrected chi connectivity index (χ1v) is 7.58. The summed E-state index contributed by atoms with van der Waals surface area (Å²) in [7, 11) is 1.60. The van der Waals surface area contributed by atoms with Gasteiger partial charge in [0.1, 0.15) is 12.3 Å². The van der Waals surface area contributed by atoms with E-state index in [0.29, 0.717) is 24.7 Å².